The molecule has 1 atom stereocenters. The van der Waals surface area contributed by atoms with Crippen LogP contribution in [-0.4, -0.2) is 48.1 Å². The fraction of sp³-hybridized carbons (Fsp3) is 0.900. The highest BCUT2D eigenvalue weighted by atomic mass is 33.1. The third-order valence-corrected chi connectivity index (χ3v) is 4.41. The second-order valence-electron chi connectivity index (χ2n) is 3.44. The maximum atomic E-state index is 10.9. The van der Waals surface area contributed by atoms with Gasteiger partial charge in [0.1, 0.15) is 6.61 Å². The summed E-state index contributed by atoms with van der Waals surface area (Å²) < 4.78 is 0. The molecule has 0 radical (unpaired) electrons. The molecule has 0 aliphatic carbocycles. The summed E-state index contributed by atoms with van der Waals surface area (Å²) in [5.41, 5.74) is 5.55. The van der Waals surface area contributed by atoms with E-state index in [0.717, 1.165) is 18.8 Å². The van der Waals surface area contributed by atoms with E-state index in [-0.39, 0.29) is 5.78 Å². The van der Waals surface area contributed by atoms with Crippen LogP contribution in [0.3, 0.4) is 0 Å². The van der Waals surface area contributed by atoms with Gasteiger partial charge in [0.25, 0.3) is 0 Å². The fourth-order valence-corrected chi connectivity index (χ4v) is 3.04. The van der Waals surface area contributed by atoms with E-state index in [9.17, 15) is 4.79 Å². The first-order valence-corrected chi connectivity index (χ1v) is 8.05. The quantitative estimate of drug-likeness (QED) is 0.376. The van der Waals surface area contributed by atoms with E-state index in [1.165, 1.54) is 12.8 Å². The summed E-state index contributed by atoms with van der Waals surface area (Å²) in [5.74, 6) is 1.29. The minimum Gasteiger partial charge on any atom is -0.389 e. The van der Waals surface area contributed by atoms with Gasteiger partial charge < -0.3 is 16.2 Å². The molecule has 0 amide bonds. The average molecular weight is 266 g/mol. The first-order valence-electron chi connectivity index (χ1n) is 5.56. The van der Waals surface area contributed by atoms with Crippen molar-refractivity contribution in [2.45, 2.75) is 25.8 Å². The maximum Gasteiger partial charge on any atom is 0.175 e. The first kappa shape index (κ1) is 16.2. The number of hydrogen-bond acceptors (Lipinski definition) is 6. The number of rotatable bonds is 11. The molecule has 0 spiro atoms. The van der Waals surface area contributed by atoms with Crippen molar-refractivity contribution in [2.24, 2.45) is 5.73 Å². The van der Waals surface area contributed by atoms with Gasteiger partial charge in [-0.2, -0.15) is 0 Å². The Labute approximate surface area is 106 Å². The Balaban J connectivity index is 3.17. The van der Waals surface area contributed by atoms with Crippen molar-refractivity contribution in [1.82, 2.24) is 5.32 Å². The van der Waals surface area contributed by atoms with Crippen LogP contribution in [0.25, 0.3) is 0 Å². The van der Waals surface area contributed by atoms with Crippen molar-refractivity contribution in [3.63, 3.8) is 0 Å². The molecule has 1 unspecified atom stereocenters. The Hall–Kier alpha value is 0.250. The number of unbranched alkanes of at least 4 members (excludes halogenated alkanes) is 1. The van der Waals surface area contributed by atoms with Crippen molar-refractivity contribution in [3.05, 3.63) is 0 Å². The lowest BCUT2D eigenvalue weighted by molar-refractivity contribution is -0.122. The van der Waals surface area contributed by atoms with Gasteiger partial charge in [-0.25, -0.2) is 0 Å². The van der Waals surface area contributed by atoms with Gasteiger partial charge in [-0.15, -0.1) is 0 Å². The normalized spacial score (nSPS) is 12.7. The molecular weight excluding hydrogens is 244 g/mol. The Morgan fingerprint density at radius 1 is 1.44 bits per heavy atom. The minimum absolute atomic E-state index is 0.283. The largest absolute Gasteiger partial charge is 0.389 e. The Morgan fingerprint density at radius 2 is 2.19 bits per heavy atom. The number of ketones is 1. The van der Waals surface area contributed by atoms with Gasteiger partial charge in [0.05, 0.1) is 6.04 Å². The SMILES string of the molecule is CCCCNCCSSCC(N)C(=O)CO. The second-order valence-corrected chi connectivity index (χ2v) is 6.07. The summed E-state index contributed by atoms with van der Waals surface area (Å²) in [4.78, 5) is 10.9. The molecule has 0 heterocycles. The third kappa shape index (κ3) is 9.47. The van der Waals surface area contributed by atoms with Crippen molar-refractivity contribution in [3.8, 4) is 0 Å². The molecule has 96 valence electrons. The number of aliphatic hydroxyl groups is 1. The molecule has 6 heteroatoms. The van der Waals surface area contributed by atoms with E-state index in [0.29, 0.717) is 5.75 Å². The number of carbonyl (C=O) groups excluding carboxylic acids is 1. The molecule has 0 fully saturated rings. The number of nitrogens with two attached hydrogens (primary N) is 1. The molecular formula is C10H22N2O2S2. The predicted molar refractivity (Wildman–Crippen MR) is 72.8 cm³/mol. The summed E-state index contributed by atoms with van der Waals surface area (Å²) >= 11 is 0. The summed E-state index contributed by atoms with van der Waals surface area (Å²) in [6.45, 7) is 3.78. The molecule has 0 aromatic rings. The van der Waals surface area contributed by atoms with E-state index in [4.69, 9.17) is 10.8 Å². The lowest BCUT2D eigenvalue weighted by Gasteiger charge is -2.07. The van der Waals surface area contributed by atoms with Crippen LogP contribution in [0.4, 0.5) is 0 Å². The zero-order valence-electron chi connectivity index (χ0n) is 9.78. The van der Waals surface area contributed by atoms with Crippen LogP contribution in [0.15, 0.2) is 0 Å². The Kier molecular flexibility index (Phi) is 11.9. The number of carbonyl (C=O) groups is 1. The standard InChI is InChI=1S/C10H22N2O2S2/c1-2-3-4-12-5-6-15-16-8-9(11)10(14)7-13/h9,12-13H,2-8,11H2,1H3. The molecule has 0 saturated carbocycles. The van der Waals surface area contributed by atoms with Crippen molar-refractivity contribution >= 4 is 27.4 Å². The number of Topliss-reactive ketones (excluding diaryl/α,β-unsaturated/α-hetero) is 1. The molecule has 4 N–H and O–H groups in total. The van der Waals surface area contributed by atoms with Crippen molar-refractivity contribution in [2.75, 3.05) is 31.2 Å². The second kappa shape index (κ2) is 11.7. The smallest absolute Gasteiger partial charge is 0.175 e. The van der Waals surface area contributed by atoms with E-state index in [1.807, 2.05) is 0 Å². The fourth-order valence-electron chi connectivity index (χ4n) is 0.931. The number of hydrogen-bond donors (Lipinski definition) is 3. The van der Waals surface area contributed by atoms with Crippen LogP contribution in [0.2, 0.25) is 0 Å². The summed E-state index contributed by atoms with van der Waals surface area (Å²) in [5, 5.41) is 11.9. The molecule has 0 aromatic carbocycles. The highest BCUT2D eigenvalue weighted by Gasteiger charge is 2.11. The highest BCUT2D eigenvalue weighted by Crippen LogP contribution is 2.20. The van der Waals surface area contributed by atoms with Crippen molar-refractivity contribution in [1.29, 1.82) is 0 Å². The van der Waals surface area contributed by atoms with Crippen LogP contribution >= 0.6 is 21.6 Å². The molecule has 0 bridgehead atoms. The van der Waals surface area contributed by atoms with Gasteiger partial charge >= 0.3 is 0 Å². The topological polar surface area (TPSA) is 75.3 Å². The zero-order chi connectivity index (χ0) is 12.2. The van der Waals surface area contributed by atoms with E-state index >= 15 is 0 Å². The van der Waals surface area contributed by atoms with Gasteiger partial charge in [0, 0.05) is 18.1 Å². The van der Waals surface area contributed by atoms with Crippen LogP contribution < -0.4 is 11.1 Å². The monoisotopic (exact) mass is 266 g/mol. The summed E-state index contributed by atoms with van der Waals surface area (Å²) in [6.07, 6.45) is 2.43. The van der Waals surface area contributed by atoms with E-state index in [2.05, 4.69) is 12.2 Å². The molecule has 0 aliphatic rings. The molecule has 0 rings (SSSR count). The number of nitrogens with one attached hydrogen (secondary N) is 1. The Bertz CT molecular complexity index is 182. The van der Waals surface area contributed by atoms with Gasteiger partial charge in [-0.1, -0.05) is 34.9 Å². The highest BCUT2D eigenvalue weighted by molar-refractivity contribution is 8.76. The summed E-state index contributed by atoms with van der Waals surface area (Å²) in [6, 6.07) is -0.532. The molecule has 0 saturated heterocycles. The van der Waals surface area contributed by atoms with E-state index in [1.54, 1.807) is 21.6 Å². The zero-order valence-corrected chi connectivity index (χ0v) is 11.4. The van der Waals surface area contributed by atoms with Crippen LogP contribution in [0, 0.1) is 0 Å². The van der Waals surface area contributed by atoms with Gasteiger partial charge in [-0.3, -0.25) is 4.79 Å². The Morgan fingerprint density at radius 3 is 2.81 bits per heavy atom. The predicted octanol–water partition coefficient (Wildman–Crippen LogP) is 0.646. The molecule has 4 nitrogen and oxygen atoms in total. The van der Waals surface area contributed by atoms with Crippen molar-refractivity contribution < 1.29 is 9.90 Å². The molecule has 16 heavy (non-hydrogen) atoms. The average Bonchev–Trinajstić information content (AvgIpc) is 2.31. The minimum atomic E-state index is -0.532. The first-order chi connectivity index (χ1) is 7.72. The summed E-state index contributed by atoms with van der Waals surface area (Å²) in [7, 11) is 3.30. The molecule has 0 aromatic heterocycles. The van der Waals surface area contributed by atoms with Gasteiger partial charge in [0.15, 0.2) is 5.78 Å². The van der Waals surface area contributed by atoms with Crippen LogP contribution in [0.1, 0.15) is 19.8 Å². The third-order valence-electron chi connectivity index (χ3n) is 1.97. The number of aliphatic hydroxyl groups excluding tert-OH is 1. The lowest BCUT2D eigenvalue weighted by atomic mass is 10.2. The van der Waals surface area contributed by atoms with Gasteiger partial charge in [-0.05, 0) is 13.0 Å². The van der Waals surface area contributed by atoms with E-state index < -0.39 is 12.6 Å². The van der Waals surface area contributed by atoms with Crippen LogP contribution in [0.5, 0.6) is 0 Å². The van der Waals surface area contributed by atoms with Gasteiger partial charge in [0.2, 0.25) is 0 Å². The molecule has 0 aliphatic heterocycles. The lowest BCUT2D eigenvalue weighted by Crippen LogP contribution is -2.34. The maximum absolute atomic E-state index is 10.9. The van der Waals surface area contributed by atoms with Crippen LogP contribution in [-0.2, 0) is 4.79 Å².